The lowest BCUT2D eigenvalue weighted by molar-refractivity contribution is 0.101. The summed E-state index contributed by atoms with van der Waals surface area (Å²) >= 11 is 0. The summed E-state index contributed by atoms with van der Waals surface area (Å²) in [5.74, 6) is -0.789. The van der Waals surface area contributed by atoms with Gasteiger partial charge in [-0.25, -0.2) is 12.4 Å². The molecule has 0 unspecified atom stereocenters. The molecule has 6 heteroatoms. The minimum atomic E-state index is -3.65. The molecule has 0 saturated carbocycles. The van der Waals surface area contributed by atoms with Gasteiger partial charge >= 0.3 is 0 Å². The minimum absolute atomic E-state index is 0.200. The number of ketones is 1. The highest BCUT2D eigenvalue weighted by atomic mass is 32.2. The maximum atomic E-state index is 11.7. The fourth-order valence-electron chi connectivity index (χ4n) is 1.85. The van der Waals surface area contributed by atoms with Gasteiger partial charge in [-0.3, -0.25) is 4.79 Å². The lowest BCUT2D eigenvalue weighted by Gasteiger charge is -2.05. The van der Waals surface area contributed by atoms with E-state index in [1.54, 1.807) is 24.3 Å². The normalized spacial score (nSPS) is 11.9. The average molecular weight is 253 g/mol. The van der Waals surface area contributed by atoms with E-state index in [4.69, 9.17) is 0 Å². The van der Waals surface area contributed by atoms with Crippen molar-refractivity contribution in [1.82, 2.24) is 3.97 Å². The Balaban J connectivity index is 3.07. The van der Waals surface area contributed by atoms with Crippen molar-refractivity contribution in [1.29, 1.82) is 0 Å². The second kappa shape index (κ2) is 3.59. The number of nitrogens with zero attached hydrogens (tertiary/aromatic N) is 1. The SMILES string of the molecule is CC(=O)c1c(O)c2ccccc2n1S(C)(=O)=O. The number of carbonyl (C=O) groups excluding carboxylic acids is 1. The number of fused-ring (bicyclic) bond motifs is 1. The van der Waals surface area contributed by atoms with E-state index in [0.29, 0.717) is 10.9 Å². The Hall–Kier alpha value is -1.82. The standard InChI is InChI=1S/C11H11NO4S/c1-7(13)10-11(14)8-5-3-4-6-9(8)12(10)17(2,15)16/h3-6,14H,1-2H3. The molecule has 0 aliphatic carbocycles. The molecular formula is C11H11NO4S. The summed E-state index contributed by atoms with van der Waals surface area (Å²) in [4.78, 5) is 11.5. The Kier molecular flexibility index (Phi) is 2.46. The first-order valence-electron chi connectivity index (χ1n) is 4.88. The molecule has 0 radical (unpaired) electrons. The average Bonchev–Trinajstić information content (AvgIpc) is 2.52. The van der Waals surface area contributed by atoms with Gasteiger partial charge in [-0.15, -0.1) is 0 Å². The molecule has 5 nitrogen and oxygen atoms in total. The second-order valence-electron chi connectivity index (χ2n) is 3.80. The summed E-state index contributed by atoms with van der Waals surface area (Å²) in [5.41, 5.74) is 0.103. The Bertz CT molecular complexity index is 712. The number of benzene rings is 1. The number of aromatic nitrogens is 1. The molecule has 0 bridgehead atoms. The molecule has 0 saturated heterocycles. The Morgan fingerprint density at radius 1 is 1.29 bits per heavy atom. The highest BCUT2D eigenvalue weighted by molar-refractivity contribution is 7.89. The summed E-state index contributed by atoms with van der Waals surface area (Å²) in [6.45, 7) is 1.22. The largest absolute Gasteiger partial charge is 0.505 e. The van der Waals surface area contributed by atoms with E-state index in [2.05, 4.69) is 0 Å². The van der Waals surface area contributed by atoms with Crippen molar-refractivity contribution in [2.24, 2.45) is 0 Å². The quantitative estimate of drug-likeness (QED) is 0.820. The van der Waals surface area contributed by atoms with E-state index in [1.165, 1.54) is 6.92 Å². The molecule has 17 heavy (non-hydrogen) atoms. The van der Waals surface area contributed by atoms with Crippen LogP contribution in [0.5, 0.6) is 5.75 Å². The minimum Gasteiger partial charge on any atom is -0.505 e. The third kappa shape index (κ3) is 1.70. The molecule has 0 amide bonds. The molecular weight excluding hydrogens is 242 g/mol. The smallest absolute Gasteiger partial charge is 0.236 e. The van der Waals surface area contributed by atoms with Crippen molar-refractivity contribution >= 4 is 26.7 Å². The first kappa shape index (κ1) is 11.7. The van der Waals surface area contributed by atoms with Crippen LogP contribution in [0.3, 0.4) is 0 Å². The maximum absolute atomic E-state index is 11.7. The molecule has 0 aliphatic rings. The maximum Gasteiger partial charge on any atom is 0.236 e. The van der Waals surface area contributed by atoms with Crippen LogP contribution in [0.2, 0.25) is 0 Å². The molecule has 2 aromatic rings. The summed E-state index contributed by atoms with van der Waals surface area (Å²) in [6.07, 6.45) is 0.991. The van der Waals surface area contributed by atoms with Crippen molar-refractivity contribution < 1.29 is 18.3 Å². The summed E-state index contributed by atoms with van der Waals surface area (Å²) < 4.78 is 24.2. The van der Waals surface area contributed by atoms with Crippen LogP contribution in [-0.4, -0.2) is 29.5 Å². The monoisotopic (exact) mass is 253 g/mol. The van der Waals surface area contributed by atoms with E-state index >= 15 is 0 Å². The van der Waals surface area contributed by atoms with Crippen molar-refractivity contribution in [2.75, 3.05) is 6.26 Å². The number of carbonyl (C=O) groups is 1. The summed E-state index contributed by atoms with van der Waals surface area (Å²) in [7, 11) is -3.65. The van der Waals surface area contributed by atoms with E-state index in [0.717, 1.165) is 10.2 Å². The second-order valence-corrected chi connectivity index (χ2v) is 5.63. The zero-order chi connectivity index (χ0) is 12.8. The molecule has 1 aromatic carbocycles. The Morgan fingerprint density at radius 3 is 2.41 bits per heavy atom. The van der Waals surface area contributed by atoms with E-state index in [-0.39, 0.29) is 11.4 Å². The van der Waals surface area contributed by atoms with Gasteiger partial charge in [-0.1, -0.05) is 12.1 Å². The van der Waals surface area contributed by atoms with Crippen LogP contribution in [0.4, 0.5) is 0 Å². The number of hydrogen-bond acceptors (Lipinski definition) is 4. The highest BCUT2D eigenvalue weighted by Crippen LogP contribution is 2.33. The first-order chi connectivity index (χ1) is 7.84. The Labute approximate surface area is 98.3 Å². The molecule has 0 spiro atoms. The number of hydrogen-bond donors (Lipinski definition) is 1. The van der Waals surface area contributed by atoms with Crippen LogP contribution in [-0.2, 0) is 10.0 Å². The van der Waals surface area contributed by atoms with Gasteiger partial charge in [0.2, 0.25) is 10.0 Å². The van der Waals surface area contributed by atoms with Gasteiger partial charge in [0, 0.05) is 12.3 Å². The number of aromatic hydroxyl groups is 1. The zero-order valence-corrected chi connectivity index (χ0v) is 10.2. The highest BCUT2D eigenvalue weighted by Gasteiger charge is 2.24. The molecule has 90 valence electrons. The first-order valence-corrected chi connectivity index (χ1v) is 6.72. The van der Waals surface area contributed by atoms with Gasteiger partial charge in [0.25, 0.3) is 0 Å². The van der Waals surface area contributed by atoms with Crippen LogP contribution < -0.4 is 0 Å². The molecule has 1 aromatic heterocycles. The third-order valence-electron chi connectivity index (χ3n) is 2.47. The van der Waals surface area contributed by atoms with E-state index < -0.39 is 15.8 Å². The molecule has 0 aliphatic heterocycles. The predicted octanol–water partition coefficient (Wildman–Crippen LogP) is 1.36. The van der Waals surface area contributed by atoms with Crippen LogP contribution >= 0.6 is 0 Å². The van der Waals surface area contributed by atoms with Gasteiger partial charge in [-0.2, -0.15) is 0 Å². The molecule has 1 heterocycles. The van der Waals surface area contributed by atoms with E-state index in [9.17, 15) is 18.3 Å². The number of rotatable bonds is 2. The number of Topliss-reactive ketones (excluding diaryl/α,β-unsaturated/α-hetero) is 1. The lowest BCUT2D eigenvalue weighted by atomic mass is 10.2. The van der Waals surface area contributed by atoms with Gasteiger partial charge in [0.15, 0.2) is 11.5 Å². The third-order valence-corrected chi connectivity index (χ3v) is 3.51. The Morgan fingerprint density at radius 2 is 1.88 bits per heavy atom. The van der Waals surface area contributed by atoms with Crippen molar-refractivity contribution in [3.8, 4) is 5.75 Å². The molecule has 2 rings (SSSR count). The number of para-hydroxylation sites is 1. The fraction of sp³-hybridized carbons (Fsp3) is 0.182. The van der Waals surface area contributed by atoms with Gasteiger partial charge in [0.05, 0.1) is 11.8 Å². The zero-order valence-electron chi connectivity index (χ0n) is 9.34. The summed E-state index contributed by atoms with van der Waals surface area (Å²) in [5, 5.41) is 10.2. The predicted molar refractivity (Wildman–Crippen MR) is 63.8 cm³/mol. The summed E-state index contributed by atoms with van der Waals surface area (Å²) in [6, 6.07) is 6.42. The topological polar surface area (TPSA) is 76.4 Å². The fourth-order valence-corrected chi connectivity index (χ4v) is 2.91. The van der Waals surface area contributed by atoms with Crippen molar-refractivity contribution in [2.45, 2.75) is 6.92 Å². The molecule has 0 fully saturated rings. The lowest BCUT2D eigenvalue weighted by Crippen LogP contribution is -2.15. The molecule has 0 atom stereocenters. The van der Waals surface area contributed by atoms with Crippen LogP contribution in [0.1, 0.15) is 17.4 Å². The van der Waals surface area contributed by atoms with E-state index in [1.807, 2.05) is 0 Å². The van der Waals surface area contributed by atoms with Crippen molar-refractivity contribution in [3.63, 3.8) is 0 Å². The van der Waals surface area contributed by atoms with Crippen LogP contribution in [0, 0.1) is 0 Å². The van der Waals surface area contributed by atoms with Gasteiger partial charge in [0.1, 0.15) is 5.69 Å². The van der Waals surface area contributed by atoms with Crippen LogP contribution in [0.25, 0.3) is 10.9 Å². The van der Waals surface area contributed by atoms with Crippen LogP contribution in [0.15, 0.2) is 24.3 Å². The van der Waals surface area contributed by atoms with Gasteiger partial charge in [-0.05, 0) is 12.1 Å². The molecule has 1 N–H and O–H groups in total. The van der Waals surface area contributed by atoms with Crippen molar-refractivity contribution in [3.05, 3.63) is 30.0 Å². The van der Waals surface area contributed by atoms with Gasteiger partial charge < -0.3 is 5.11 Å².